The lowest BCUT2D eigenvalue weighted by molar-refractivity contribution is 0.0995. The Labute approximate surface area is 119 Å². The first kappa shape index (κ1) is 13.2. The van der Waals surface area contributed by atoms with Gasteiger partial charge in [-0.25, -0.2) is 9.78 Å². The van der Waals surface area contributed by atoms with Gasteiger partial charge in [0.05, 0.1) is 11.3 Å². The maximum Gasteiger partial charge on any atom is 0.327 e. The number of nitrogens with one attached hydrogen (secondary N) is 3. The fourth-order valence-corrected chi connectivity index (χ4v) is 2.51. The molecule has 3 heterocycles. The first-order valence-corrected chi connectivity index (χ1v) is 6.75. The molecule has 0 aromatic carbocycles. The lowest BCUT2D eigenvalue weighted by atomic mass is 10.2. The molecule has 3 aromatic heterocycles. The lowest BCUT2D eigenvalue weighted by Gasteiger charge is -2.00. The number of nitrogens with zero attached hydrogens (tertiary/aromatic N) is 1. The summed E-state index contributed by atoms with van der Waals surface area (Å²) < 4.78 is 0. The molecule has 8 nitrogen and oxygen atoms in total. The average Bonchev–Trinajstić information content (AvgIpc) is 2.94. The lowest BCUT2D eigenvalue weighted by Crippen LogP contribution is -2.27. The van der Waals surface area contributed by atoms with Crippen molar-refractivity contribution >= 4 is 28.3 Å². The molecular weight excluding hydrogens is 296 g/mol. The number of Topliss-reactive ketones (excluding diaryl/α,β-unsaturated/α-hetero) is 1. The number of ketones is 1. The Kier molecular flexibility index (Phi) is 3.10. The van der Waals surface area contributed by atoms with E-state index in [0.717, 1.165) is 0 Å². The predicted molar refractivity (Wildman–Crippen MR) is 76.0 cm³/mol. The molecule has 0 atom stereocenters. The quantitative estimate of drug-likeness (QED) is 0.576. The van der Waals surface area contributed by atoms with Crippen LogP contribution in [0, 0.1) is 0 Å². The molecule has 3 rings (SSSR count). The van der Waals surface area contributed by atoms with E-state index in [2.05, 4.69) is 15.0 Å². The third-order valence-corrected chi connectivity index (χ3v) is 3.70. The Balaban J connectivity index is 2.10. The van der Waals surface area contributed by atoms with E-state index in [1.807, 2.05) is 4.98 Å². The van der Waals surface area contributed by atoms with Gasteiger partial charge in [0.1, 0.15) is 11.3 Å². The summed E-state index contributed by atoms with van der Waals surface area (Å²) in [6, 6.07) is 3.37. The van der Waals surface area contributed by atoms with Gasteiger partial charge in [0.2, 0.25) is 0 Å². The number of hydrogen-bond acceptors (Lipinski definition) is 6. The first-order chi connectivity index (χ1) is 10.0. The maximum atomic E-state index is 12.0. The predicted octanol–water partition coefficient (Wildman–Crippen LogP) is -0.213. The Morgan fingerprint density at radius 3 is 2.67 bits per heavy atom. The molecule has 0 bridgehead atoms. The minimum Gasteiger partial charge on any atom is -0.305 e. The molecule has 0 saturated carbocycles. The number of rotatable bonds is 3. The second-order valence-electron chi connectivity index (χ2n) is 4.22. The van der Waals surface area contributed by atoms with Gasteiger partial charge < -0.3 is 4.98 Å². The molecule has 3 aromatic rings. The van der Waals surface area contributed by atoms with Crippen LogP contribution in [-0.2, 0) is 6.42 Å². The van der Waals surface area contributed by atoms with Gasteiger partial charge in [-0.3, -0.25) is 24.4 Å². The van der Waals surface area contributed by atoms with Crippen LogP contribution in [0.1, 0.15) is 15.4 Å². The summed E-state index contributed by atoms with van der Waals surface area (Å²) in [6.07, 6.45) is -0.218. The fourth-order valence-electron chi connectivity index (χ4n) is 1.84. The topological polar surface area (TPSA) is 129 Å². The molecule has 0 saturated heterocycles. The number of carbonyl (C=O) groups excluding carboxylic acids is 1. The molecule has 3 N–H and O–H groups in total. The molecule has 0 spiro atoms. The zero-order valence-corrected chi connectivity index (χ0v) is 11.2. The average molecular weight is 304 g/mol. The van der Waals surface area contributed by atoms with E-state index in [-0.39, 0.29) is 29.1 Å². The Bertz CT molecular complexity index is 997. The van der Waals surface area contributed by atoms with E-state index in [4.69, 9.17) is 0 Å². The van der Waals surface area contributed by atoms with Gasteiger partial charge >= 0.3 is 5.69 Å². The number of aromatic nitrogens is 4. The van der Waals surface area contributed by atoms with Crippen molar-refractivity contribution in [2.45, 2.75) is 6.42 Å². The summed E-state index contributed by atoms with van der Waals surface area (Å²) in [5.41, 5.74) is -2.35. The van der Waals surface area contributed by atoms with Crippen molar-refractivity contribution in [1.82, 2.24) is 19.9 Å². The maximum absolute atomic E-state index is 12.0. The molecule has 0 unspecified atom stereocenters. The minimum atomic E-state index is -0.743. The molecule has 0 fully saturated rings. The molecule has 0 radical (unpaired) electrons. The van der Waals surface area contributed by atoms with Crippen molar-refractivity contribution in [3.8, 4) is 0 Å². The zero-order valence-electron chi connectivity index (χ0n) is 10.4. The normalized spacial score (nSPS) is 10.9. The van der Waals surface area contributed by atoms with Gasteiger partial charge in [-0.05, 0) is 11.4 Å². The number of H-pyrrole nitrogens is 3. The van der Waals surface area contributed by atoms with Crippen molar-refractivity contribution in [1.29, 1.82) is 0 Å². The second-order valence-corrected chi connectivity index (χ2v) is 5.17. The molecular formula is C12H8N4O4S. The van der Waals surface area contributed by atoms with Crippen LogP contribution in [0.4, 0.5) is 0 Å². The third-order valence-electron chi connectivity index (χ3n) is 2.79. The van der Waals surface area contributed by atoms with Crippen LogP contribution in [0.15, 0.2) is 31.9 Å². The van der Waals surface area contributed by atoms with E-state index in [1.54, 1.807) is 17.5 Å². The first-order valence-electron chi connectivity index (χ1n) is 5.87. The zero-order chi connectivity index (χ0) is 15.0. The summed E-state index contributed by atoms with van der Waals surface area (Å²) in [5.74, 6) is -0.261. The monoisotopic (exact) mass is 304 g/mol. The van der Waals surface area contributed by atoms with Gasteiger partial charge in [-0.2, -0.15) is 0 Å². The van der Waals surface area contributed by atoms with Crippen molar-refractivity contribution in [3.63, 3.8) is 0 Å². The standard InChI is InChI=1S/C12H8N4O4S/c17-6(7-2-1-3-21-7)4-5-10(18)14-9-8(13-5)11(19)16-12(20)15-9/h1-3H,4H2,(H3,14,15,16,18,19,20). The molecule has 0 aliphatic rings. The second kappa shape index (κ2) is 4.94. The van der Waals surface area contributed by atoms with Crippen molar-refractivity contribution in [2.24, 2.45) is 0 Å². The number of hydrogen-bond donors (Lipinski definition) is 3. The van der Waals surface area contributed by atoms with E-state index in [1.165, 1.54) is 11.3 Å². The highest BCUT2D eigenvalue weighted by molar-refractivity contribution is 7.12. The van der Waals surface area contributed by atoms with Crippen molar-refractivity contribution in [2.75, 3.05) is 0 Å². The summed E-state index contributed by atoms with van der Waals surface area (Å²) >= 11 is 1.26. The Hall–Kier alpha value is -2.81. The summed E-state index contributed by atoms with van der Waals surface area (Å²) in [7, 11) is 0. The van der Waals surface area contributed by atoms with Gasteiger partial charge in [0, 0.05) is 0 Å². The number of fused-ring (bicyclic) bond motifs is 1. The van der Waals surface area contributed by atoms with Gasteiger partial charge in [-0.15, -0.1) is 11.3 Å². The van der Waals surface area contributed by atoms with E-state index >= 15 is 0 Å². The number of carbonyl (C=O) groups is 1. The van der Waals surface area contributed by atoms with Crippen LogP contribution < -0.4 is 16.8 Å². The van der Waals surface area contributed by atoms with E-state index in [9.17, 15) is 19.2 Å². The van der Waals surface area contributed by atoms with Crippen LogP contribution in [0.2, 0.25) is 0 Å². The summed E-state index contributed by atoms with van der Waals surface area (Å²) in [6.45, 7) is 0. The van der Waals surface area contributed by atoms with E-state index in [0.29, 0.717) is 4.88 Å². The Morgan fingerprint density at radius 2 is 1.95 bits per heavy atom. The minimum absolute atomic E-state index is 0.0685. The number of aromatic amines is 3. The molecule has 0 aliphatic heterocycles. The van der Waals surface area contributed by atoms with Crippen molar-refractivity contribution < 1.29 is 4.79 Å². The smallest absolute Gasteiger partial charge is 0.305 e. The highest BCUT2D eigenvalue weighted by Crippen LogP contribution is 2.11. The molecule has 21 heavy (non-hydrogen) atoms. The molecule has 0 aliphatic carbocycles. The van der Waals surface area contributed by atoms with Crippen LogP contribution in [0.3, 0.4) is 0 Å². The fraction of sp³-hybridized carbons (Fsp3) is 0.0833. The highest BCUT2D eigenvalue weighted by Gasteiger charge is 2.14. The Morgan fingerprint density at radius 1 is 1.14 bits per heavy atom. The number of thiophene rings is 1. The van der Waals surface area contributed by atoms with Crippen LogP contribution in [0.25, 0.3) is 11.2 Å². The van der Waals surface area contributed by atoms with Crippen LogP contribution in [0.5, 0.6) is 0 Å². The summed E-state index contributed by atoms with van der Waals surface area (Å²) in [5, 5.41) is 1.75. The van der Waals surface area contributed by atoms with Gasteiger partial charge in [-0.1, -0.05) is 6.07 Å². The van der Waals surface area contributed by atoms with Gasteiger partial charge in [0.15, 0.2) is 11.3 Å². The highest BCUT2D eigenvalue weighted by atomic mass is 32.1. The molecule has 106 valence electrons. The summed E-state index contributed by atoms with van der Waals surface area (Å²) in [4.78, 5) is 57.6. The van der Waals surface area contributed by atoms with E-state index < -0.39 is 16.8 Å². The SMILES string of the molecule is O=C(Cc1nc2c(=O)[nH]c(=O)[nH]c2[nH]c1=O)c1cccs1. The van der Waals surface area contributed by atoms with Crippen LogP contribution in [-0.4, -0.2) is 25.7 Å². The van der Waals surface area contributed by atoms with Gasteiger partial charge in [0.25, 0.3) is 11.1 Å². The van der Waals surface area contributed by atoms with Crippen LogP contribution >= 0.6 is 11.3 Å². The van der Waals surface area contributed by atoms with Crippen molar-refractivity contribution in [3.05, 3.63) is 59.3 Å². The molecule has 0 amide bonds. The molecule has 9 heteroatoms. The third kappa shape index (κ3) is 2.46. The largest absolute Gasteiger partial charge is 0.327 e.